The SMILES string of the molecule is CC(C)N1CCN(NC2CCN(c3cccc(-c4cc5cc(C#N)ccc5[nH]4)c3)CC2)CC1. The number of piperidine rings is 1. The van der Waals surface area contributed by atoms with E-state index in [1.54, 1.807) is 0 Å². The molecule has 33 heavy (non-hydrogen) atoms. The highest BCUT2D eigenvalue weighted by atomic mass is 15.5. The van der Waals surface area contributed by atoms with Gasteiger partial charge in [-0.25, -0.2) is 5.01 Å². The molecule has 0 radical (unpaired) electrons. The van der Waals surface area contributed by atoms with Gasteiger partial charge in [0.05, 0.1) is 11.6 Å². The summed E-state index contributed by atoms with van der Waals surface area (Å²) in [7, 11) is 0. The molecule has 0 aliphatic carbocycles. The van der Waals surface area contributed by atoms with Gasteiger partial charge < -0.3 is 9.88 Å². The first-order valence-electron chi connectivity index (χ1n) is 12.2. The number of piperazine rings is 1. The van der Waals surface area contributed by atoms with Gasteiger partial charge in [0.1, 0.15) is 0 Å². The second kappa shape index (κ2) is 9.56. The maximum absolute atomic E-state index is 9.17. The molecule has 2 aliphatic rings. The third-order valence-electron chi connectivity index (χ3n) is 7.18. The van der Waals surface area contributed by atoms with Crippen LogP contribution in [-0.4, -0.2) is 66.2 Å². The lowest BCUT2D eigenvalue weighted by Gasteiger charge is -2.41. The monoisotopic (exact) mass is 442 g/mol. The van der Waals surface area contributed by atoms with Crippen LogP contribution in [0.5, 0.6) is 0 Å². The Hall–Kier alpha value is -2.85. The van der Waals surface area contributed by atoms with Gasteiger partial charge in [0.2, 0.25) is 0 Å². The third-order valence-corrected chi connectivity index (χ3v) is 7.18. The topological polar surface area (TPSA) is 61.3 Å². The summed E-state index contributed by atoms with van der Waals surface area (Å²) in [6.07, 6.45) is 2.33. The molecule has 172 valence electrons. The predicted molar refractivity (Wildman–Crippen MR) is 135 cm³/mol. The van der Waals surface area contributed by atoms with E-state index < -0.39 is 0 Å². The van der Waals surface area contributed by atoms with Crippen molar-refractivity contribution in [1.82, 2.24) is 20.3 Å². The molecule has 2 aliphatic heterocycles. The minimum Gasteiger partial charge on any atom is -0.371 e. The van der Waals surface area contributed by atoms with Crippen molar-refractivity contribution in [2.75, 3.05) is 44.2 Å². The van der Waals surface area contributed by atoms with E-state index in [1.807, 2.05) is 18.2 Å². The van der Waals surface area contributed by atoms with E-state index in [4.69, 9.17) is 5.26 Å². The summed E-state index contributed by atoms with van der Waals surface area (Å²) in [4.78, 5) is 8.58. The van der Waals surface area contributed by atoms with Crippen LogP contribution in [0.15, 0.2) is 48.5 Å². The van der Waals surface area contributed by atoms with Gasteiger partial charge in [0.25, 0.3) is 0 Å². The van der Waals surface area contributed by atoms with Crippen molar-refractivity contribution in [1.29, 1.82) is 5.26 Å². The van der Waals surface area contributed by atoms with Crippen LogP contribution in [0.2, 0.25) is 0 Å². The number of aromatic amines is 1. The molecule has 0 spiro atoms. The number of fused-ring (bicyclic) bond motifs is 1. The van der Waals surface area contributed by atoms with Gasteiger partial charge in [-0.15, -0.1) is 0 Å². The largest absolute Gasteiger partial charge is 0.371 e. The summed E-state index contributed by atoms with van der Waals surface area (Å²) in [5, 5.41) is 12.7. The highest BCUT2D eigenvalue weighted by molar-refractivity contribution is 5.87. The average Bonchev–Trinajstić information content (AvgIpc) is 3.28. The Balaban J connectivity index is 1.20. The first-order valence-corrected chi connectivity index (χ1v) is 12.2. The van der Waals surface area contributed by atoms with E-state index in [-0.39, 0.29) is 0 Å². The normalized spacial score (nSPS) is 18.8. The third kappa shape index (κ3) is 4.91. The molecule has 2 N–H and O–H groups in total. The molecule has 6 nitrogen and oxygen atoms in total. The summed E-state index contributed by atoms with van der Waals surface area (Å²) in [5.41, 5.74) is 9.13. The van der Waals surface area contributed by atoms with Crippen molar-refractivity contribution < 1.29 is 0 Å². The van der Waals surface area contributed by atoms with E-state index in [1.165, 1.54) is 11.3 Å². The number of rotatable bonds is 5. The van der Waals surface area contributed by atoms with Gasteiger partial charge in [-0.3, -0.25) is 10.3 Å². The van der Waals surface area contributed by atoms with Crippen LogP contribution in [0, 0.1) is 11.3 Å². The van der Waals surface area contributed by atoms with E-state index in [0.29, 0.717) is 17.6 Å². The molecule has 1 aromatic heterocycles. The second-order valence-corrected chi connectivity index (χ2v) is 9.65. The lowest BCUT2D eigenvalue weighted by atomic mass is 10.0. The molecule has 0 amide bonds. The Kier molecular flexibility index (Phi) is 6.37. The highest BCUT2D eigenvalue weighted by Crippen LogP contribution is 2.29. The van der Waals surface area contributed by atoms with Crippen molar-refractivity contribution in [3.63, 3.8) is 0 Å². The molecule has 2 saturated heterocycles. The fraction of sp³-hybridized carbons (Fsp3) is 0.444. The lowest BCUT2D eigenvalue weighted by Crippen LogP contribution is -2.57. The van der Waals surface area contributed by atoms with E-state index in [9.17, 15) is 0 Å². The summed E-state index contributed by atoms with van der Waals surface area (Å²) < 4.78 is 0. The number of H-pyrrole nitrogens is 1. The average molecular weight is 443 g/mol. The smallest absolute Gasteiger partial charge is 0.0991 e. The maximum Gasteiger partial charge on any atom is 0.0991 e. The van der Waals surface area contributed by atoms with Crippen LogP contribution >= 0.6 is 0 Å². The number of hydrogen-bond donors (Lipinski definition) is 2. The van der Waals surface area contributed by atoms with Crippen LogP contribution < -0.4 is 10.3 Å². The number of benzene rings is 2. The molecular weight excluding hydrogens is 408 g/mol. The van der Waals surface area contributed by atoms with Crippen LogP contribution in [0.1, 0.15) is 32.3 Å². The molecule has 0 saturated carbocycles. The molecule has 2 aromatic carbocycles. The summed E-state index contributed by atoms with van der Waals surface area (Å²) in [6.45, 7) is 11.3. The Morgan fingerprint density at radius 2 is 1.76 bits per heavy atom. The number of nitriles is 1. The minimum absolute atomic E-state index is 0.568. The van der Waals surface area contributed by atoms with Crippen molar-refractivity contribution in [3.05, 3.63) is 54.1 Å². The lowest BCUT2D eigenvalue weighted by molar-refractivity contribution is 0.0558. The van der Waals surface area contributed by atoms with Gasteiger partial charge in [0, 0.05) is 73.6 Å². The summed E-state index contributed by atoms with van der Waals surface area (Å²) in [5.74, 6) is 0. The number of anilines is 1. The molecule has 5 rings (SSSR count). The van der Waals surface area contributed by atoms with Crippen molar-refractivity contribution in [2.24, 2.45) is 0 Å². The van der Waals surface area contributed by atoms with Crippen LogP contribution in [0.25, 0.3) is 22.2 Å². The number of nitrogens with zero attached hydrogens (tertiary/aromatic N) is 4. The Morgan fingerprint density at radius 1 is 0.970 bits per heavy atom. The van der Waals surface area contributed by atoms with E-state index >= 15 is 0 Å². The summed E-state index contributed by atoms with van der Waals surface area (Å²) in [6, 6.07) is 20.2. The Labute approximate surface area is 196 Å². The second-order valence-electron chi connectivity index (χ2n) is 9.65. The first kappa shape index (κ1) is 22.0. The molecule has 3 heterocycles. The first-order chi connectivity index (χ1) is 16.1. The highest BCUT2D eigenvalue weighted by Gasteiger charge is 2.24. The minimum atomic E-state index is 0.568. The van der Waals surface area contributed by atoms with E-state index in [0.717, 1.165) is 68.7 Å². The zero-order chi connectivity index (χ0) is 22.8. The number of nitrogens with one attached hydrogen (secondary N) is 2. The zero-order valence-electron chi connectivity index (χ0n) is 19.7. The van der Waals surface area contributed by atoms with Gasteiger partial charge in [-0.05, 0) is 68.7 Å². The summed E-state index contributed by atoms with van der Waals surface area (Å²) >= 11 is 0. The molecule has 0 atom stereocenters. The van der Waals surface area contributed by atoms with E-state index in [2.05, 4.69) is 75.5 Å². The van der Waals surface area contributed by atoms with Crippen LogP contribution in [0.4, 0.5) is 5.69 Å². The molecule has 6 heteroatoms. The molecule has 2 fully saturated rings. The Morgan fingerprint density at radius 3 is 2.48 bits per heavy atom. The maximum atomic E-state index is 9.17. The van der Waals surface area contributed by atoms with Crippen LogP contribution in [-0.2, 0) is 0 Å². The van der Waals surface area contributed by atoms with Crippen LogP contribution in [0.3, 0.4) is 0 Å². The molecule has 3 aromatic rings. The number of hydrogen-bond acceptors (Lipinski definition) is 5. The zero-order valence-corrected chi connectivity index (χ0v) is 19.7. The van der Waals surface area contributed by atoms with Crippen molar-refractivity contribution >= 4 is 16.6 Å². The standard InChI is InChI=1S/C27H34N6/c1-20(2)31-12-14-33(15-13-31)30-24-8-10-32(11-9-24)25-5-3-4-22(17-25)27-18-23-16-21(19-28)6-7-26(23)29-27/h3-7,16-18,20,24,29-30H,8-15H2,1-2H3. The predicted octanol–water partition coefficient (Wildman–Crippen LogP) is 4.21. The molecular formula is C27H34N6. The Bertz CT molecular complexity index is 1130. The fourth-order valence-electron chi connectivity index (χ4n) is 5.12. The van der Waals surface area contributed by atoms with Gasteiger partial charge in [-0.1, -0.05) is 12.1 Å². The van der Waals surface area contributed by atoms with Gasteiger partial charge >= 0.3 is 0 Å². The van der Waals surface area contributed by atoms with Crippen molar-refractivity contribution in [2.45, 2.75) is 38.8 Å². The fourth-order valence-corrected chi connectivity index (χ4v) is 5.12. The quantitative estimate of drug-likeness (QED) is 0.620. The molecule has 0 bridgehead atoms. The van der Waals surface area contributed by atoms with Crippen molar-refractivity contribution in [3.8, 4) is 17.3 Å². The van der Waals surface area contributed by atoms with Gasteiger partial charge in [-0.2, -0.15) is 5.26 Å². The number of aromatic nitrogens is 1. The van der Waals surface area contributed by atoms with Gasteiger partial charge in [0.15, 0.2) is 0 Å². The molecule has 0 unspecified atom stereocenters. The number of hydrazine groups is 1.